The summed E-state index contributed by atoms with van der Waals surface area (Å²) in [6.45, 7) is 1.92. The Kier molecular flexibility index (Phi) is 6.42. The fourth-order valence-electron chi connectivity index (χ4n) is 2.37. The summed E-state index contributed by atoms with van der Waals surface area (Å²) < 4.78 is 6.05. The van der Waals surface area contributed by atoms with Crippen LogP contribution in [0.15, 0.2) is 74.2 Å². The molecule has 0 atom stereocenters. The molecule has 0 fully saturated rings. The predicted octanol–water partition coefficient (Wildman–Crippen LogP) is 6.30. The van der Waals surface area contributed by atoms with Gasteiger partial charge in [0, 0.05) is 9.50 Å². The Morgan fingerprint density at radius 1 is 1.30 bits per heavy atom. The molecule has 0 saturated carbocycles. The zero-order valence-electron chi connectivity index (χ0n) is 14.3. The highest BCUT2D eigenvalue weighted by molar-refractivity contribution is 9.10. The second-order valence-electron chi connectivity index (χ2n) is 5.50. The van der Waals surface area contributed by atoms with E-state index in [1.165, 1.54) is 11.8 Å². The summed E-state index contributed by atoms with van der Waals surface area (Å²) in [4.78, 5) is 17.4. The monoisotopic (exact) mass is 463 g/mol. The minimum Gasteiger partial charge on any atom is -0.506 e. The number of esters is 1. The van der Waals surface area contributed by atoms with Crippen LogP contribution in [0.2, 0.25) is 5.02 Å². The van der Waals surface area contributed by atoms with Crippen LogP contribution >= 0.6 is 39.3 Å². The first-order chi connectivity index (χ1) is 13.0. The number of halogens is 2. The van der Waals surface area contributed by atoms with Gasteiger partial charge >= 0.3 is 5.97 Å². The first-order valence-electron chi connectivity index (χ1n) is 8.08. The fourth-order valence-corrected chi connectivity index (χ4v) is 3.85. The Morgan fingerprint density at radius 2 is 2.04 bits per heavy atom. The van der Waals surface area contributed by atoms with Crippen molar-refractivity contribution in [3.05, 3.63) is 79.8 Å². The molecule has 0 saturated heterocycles. The quantitative estimate of drug-likeness (QED) is 0.540. The van der Waals surface area contributed by atoms with Crippen molar-refractivity contribution in [2.45, 2.75) is 6.92 Å². The minimum absolute atomic E-state index is 0.0604. The summed E-state index contributed by atoms with van der Waals surface area (Å²) in [5, 5.41) is 11.5. The summed E-state index contributed by atoms with van der Waals surface area (Å²) in [7, 11) is 0. The van der Waals surface area contributed by atoms with Gasteiger partial charge in [-0.15, -0.1) is 0 Å². The predicted molar refractivity (Wildman–Crippen MR) is 115 cm³/mol. The maximum absolute atomic E-state index is 12.4. The van der Waals surface area contributed by atoms with Gasteiger partial charge < -0.3 is 9.84 Å². The van der Waals surface area contributed by atoms with E-state index in [2.05, 4.69) is 20.9 Å². The summed E-state index contributed by atoms with van der Waals surface area (Å²) in [6.07, 6.45) is 1.80. The van der Waals surface area contributed by atoms with E-state index in [-0.39, 0.29) is 17.9 Å². The number of carbonyl (C=O) groups excluding carboxylic acids is 1. The Balaban J connectivity index is 2.03. The molecule has 7 heteroatoms. The van der Waals surface area contributed by atoms with Crippen LogP contribution < -0.4 is 0 Å². The first kappa shape index (κ1) is 19.7. The van der Waals surface area contributed by atoms with Crippen molar-refractivity contribution in [3.8, 4) is 0 Å². The number of ether oxygens (including phenoxy) is 1. The normalized spacial score (nSPS) is 17.0. The van der Waals surface area contributed by atoms with Gasteiger partial charge in [-0.05, 0) is 48.9 Å². The van der Waals surface area contributed by atoms with Crippen LogP contribution in [0.25, 0.3) is 6.08 Å². The lowest BCUT2D eigenvalue weighted by atomic mass is 10.1. The molecule has 1 aliphatic heterocycles. The zero-order chi connectivity index (χ0) is 19.4. The molecule has 0 amide bonds. The number of aliphatic hydroxyl groups is 1. The molecule has 0 bridgehead atoms. The van der Waals surface area contributed by atoms with E-state index in [1.807, 2.05) is 24.3 Å². The summed E-state index contributed by atoms with van der Waals surface area (Å²) in [6, 6.07) is 14.6. The molecule has 2 aromatic rings. The van der Waals surface area contributed by atoms with Crippen molar-refractivity contribution in [1.82, 2.24) is 0 Å². The van der Waals surface area contributed by atoms with Crippen LogP contribution in [0.1, 0.15) is 12.5 Å². The number of thioether (sulfide) groups is 1. The topological polar surface area (TPSA) is 58.9 Å². The van der Waals surface area contributed by atoms with E-state index in [1.54, 1.807) is 37.3 Å². The third kappa shape index (κ3) is 4.83. The lowest BCUT2D eigenvalue weighted by Gasteiger charge is -2.04. The molecular weight excluding hydrogens is 450 g/mol. The second-order valence-corrected chi connectivity index (χ2v) is 7.89. The van der Waals surface area contributed by atoms with Crippen LogP contribution in [0.5, 0.6) is 0 Å². The third-order valence-electron chi connectivity index (χ3n) is 3.58. The van der Waals surface area contributed by atoms with E-state index in [0.717, 1.165) is 10.0 Å². The lowest BCUT2D eigenvalue weighted by Crippen LogP contribution is -2.12. The maximum Gasteiger partial charge on any atom is 0.344 e. The molecule has 3 rings (SSSR count). The van der Waals surface area contributed by atoms with Crippen molar-refractivity contribution in [1.29, 1.82) is 0 Å². The standard InChI is InChI=1S/C20H15BrClNO3S/c1-2-26-20(25)17-18(24)16(10-12-6-8-13(21)9-7-12)27-19(17)23-15-5-3-4-14(22)11-15/h3-11,24H,2H2,1H3. The lowest BCUT2D eigenvalue weighted by molar-refractivity contribution is -0.138. The highest BCUT2D eigenvalue weighted by Gasteiger charge is 2.33. The second kappa shape index (κ2) is 8.78. The summed E-state index contributed by atoms with van der Waals surface area (Å²) in [5.74, 6) is -0.746. The van der Waals surface area contributed by atoms with Gasteiger partial charge in [0.05, 0.1) is 17.2 Å². The first-order valence-corrected chi connectivity index (χ1v) is 10.1. The van der Waals surface area contributed by atoms with Crippen LogP contribution in [0, 0.1) is 0 Å². The summed E-state index contributed by atoms with van der Waals surface area (Å²) >= 11 is 10.6. The molecule has 1 N–H and O–H groups in total. The number of aliphatic hydroxyl groups excluding tert-OH is 1. The van der Waals surface area contributed by atoms with Crippen molar-refractivity contribution in [2.24, 2.45) is 4.99 Å². The number of benzene rings is 2. The molecule has 2 aromatic carbocycles. The highest BCUT2D eigenvalue weighted by atomic mass is 79.9. The highest BCUT2D eigenvalue weighted by Crippen LogP contribution is 2.40. The largest absolute Gasteiger partial charge is 0.506 e. The Hall–Kier alpha value is -2.02. The number of aliphatic imine (C=N–C) groups is 1. The fraction of sp³-hybridized carbons (Fsp3) is 0.100. The van der Waals surface area contributed by atoms with Gasteiger partial charge in [-0.2, -0.15) is 0 Å². The van der Waals surface area contributed by atoms with Gasteiger partial charge in [-0.3, -0.25) is 0 Å². The molecule has 138 valence electrons. The molecule has 0 radical (unpaired) electrons. The van der Waals surface area contributed by atoms with Gasteiger partial charge in [0.2, 0.25) is 0 Å². The van der Waals surface area contributed by atoms with Crippen LogP contribution in [0.4, 0.5) is 5.69 Å². The van der Waals surface area contributed by atoms with Crippen molar-refractivity contribution < 1.29 is 14.6 Å². The average Bonchev–Trinajstić information content (AvgIpc) is 2.92. The van der Waals surface area contributed by atoms with Gasteiger partial charge in [0.1, 0.15) is 16.4 Å². The van der Waals surface area contributed by atoms with E-state index in [4.69, 9.17) is 16.3 Å². The smallest absolute Gasteiger partial charge is 0.344 e. The Morgan fingerprint density at radius 3 is 2.70 bits per heavy atom. The van der Waals surface area contributed by atoms with E-state index >= 15 is 0 Å². The molecule has 4 nitrogen and oxygen atoms in total. The Bertz CT molecular complexity index is 967. The van der Waals surface area contributed by atoms with Crippen molar-refractivity contribution in [2.75, 3.05) is 6.61 Å². The average molecular weight is 465 g/mol. The van der Waals surface area contributed by atoms with E-state index < -0.39 is 5.97 Å². The van der Waals surface area contributed by atoms with Gasteiger partial charge in [0.25, 0.3) is 0 Å². The third-order valence-corrected chi connectivity index (χ3v) is 5.36. The molecule has 27 heavy (non-hydrogen) atoms. The van der Waals surface area contributed by atoms with E-state index in [0.29, 0.717) is 20.7 Å². The zero-order valence-corrected chi connectivity index (χ0v) is 17.4. The molecule has 0 spiro atoms. The number of hydrogen-bond acceptors (Lipinski definition) is 5. The van der Waals surface area contributed by atoms with Gasteiger partial charge in [-0.1, -0.05) is 57.5 Å². The van der Waals surface area contributed by atoms with Gasteiger partial charge in [0.15, 0.2) is 0 Å². The number of rotatable bonds is 4. The van der Waals surface area contributed by atoms with E-state index in [9.17, 15) is 9.90 Å². The molecule has 1 aliphatic rings. The molecule has 0 aliphatic carbocycles. The summed E-state index contributed by atoms with van der Waals surface area (Å²) in [5.41, 5.74) is 1.54. The van der Waals surface area contributed by atoms with Gasteiger partial charge in [-0.25, -0.2) is 9.79 Å². The van der Waals surface area contributed by atoms with Crippen LogP contribution in [0.3, 0.4) is 0 Å². The van der Waals surface area contributed by atoms with Crippen LogP contribution in [-0.2, 0) is 9.53 Å². The number of hydrogen-bond donors (Lipinski definition) is 1. The minimum atomic E-state index is -0.609. The number of carbonyl (C=O) groups is 1. The SMILES string of the molecule is CCOC(=O)C1=C(O)C(=Cc2ccc(Br)cc2)SC1=Nc1cccc(Cl)c1. The van der Waals surface area contributed by atoms with Crippen molar-refractivity contribution >= 4 is 62.1 Å². The molecular formula is C20H15BrClNO3S. The Labute approximate surface area is 174 Å². The molecule has 0 unspecified atom stereocenters. The molecule has 1 heterocycles. The van der Waals surface area contributed by atoms with Crippen LogP contribution in [-0.4, -0.2) is 22.7 Å². The number of nitrogens with zero attached hydrogens (tertiary/aromatic N) is 1. The molecule has 0 aromatic heterocycles. The maximum atomic E-state index is 12.4. The van der Waals surface area contributed by atoms with Crippen molar-refractivity contribution in [3.63, 3.8) is 0 Å².